The molecule has 0 aromatic heterocycles. The van der Waals surface area contributed by atoms with E-state index in [1.165, 1.54) is 13.8 Å². The van der Waals surface area contributed by atoms with Crippen molar-refractivity contribution in [2.45, 2.75) is 25.6 Å². The number of alkyl halides is 2. The van der Waals surface area contributed by atoms with E-state index in [0.29, 0.717) is 4.31 Å². The third-order valence-corrected chi connectivity index (χ3v) is 3.23. The van der Waals surface area contributed by atoms with Crippen LogP contribution < -0.4 is 5.73 Å². The molecule has 0 aliphatic heterocycles. The van der Waals surface area contributed by atoms with Gasteiger partial charge in [0.2, 0.25) is 0 Å². The van der Waals surface area contributed by atoms with Gasteiger partial charge in [-0.15, -0.1) is 0 Å². The second-order valence-corrected chi connectivity index (χ2v) is 4.89. The summed E-state index contributed by atoms with van der Waals surface area (Å²) in [4.78, 5) is 0. The summed E-state index contributed by atoms with van der Waals surface area (Å²) in [5, 5.41) is 10.8. The molecule has 0 heterocycles. The van der Waals surface area contributed by atoms with E-state index in [1.54, 1.807) is 0 Å². The van der Waals surface area contributed by atoms with Gasteiger partial charge in [-0.25, -0.2) is 8.42 Å². The Balaban J connectivity index is 5.00. The van der Waals surface area contributed by atoms with E-state index < -0.39 is 34.2 Å². The normalized spacial score (nSPS) is 14.2. The molecule has 0 atom stereocenters. The first-order valence-corrected chi connectivity index (χ1v) is 5.49. The van der Waals surface area contributed by atoms with E-state index in [-0.39, 0.29) is 0 Å². The molecule has 9 heteroatoms. The Bertz CT molecular complexity index is 329. The highest BCUT2D eigenvalue weighted by atomic mass is 32.2. The predicted octanol–water partition coefficient (Wildman–Crippen LogP) is -0.00440. The Morgan fingerprint density at radius 3 is 2.27 bits per heavy atom. The van der Waals surface area contributed by atoms with Crippen molar-refractivity contribution in [1.82, 2.24) is 4.31 Å². The largest absolute Gasteiger partial charge is 0.409 e. The summed E-state index contributed by atoms with van der Waals surface area (Å²) in [5.41, 5.74) is 5.06. The molecular formula is C6H13F2N3O3S. The van der Waals surface area contributed by atoms with Crippen LogP contribution in [0.2, 0.25) is 0 Å². The molecule has 0 aliphatic rings. The van der Waals surface area contributed by atoms with Gasteiger partial charge in [0, 0.05) is 6.04 Å². The van der Waals surface area contributed by atoms with Crippen LogP contribution in [0.5, 0.6) is 0 Å². The molecule has 0 saturated heterocycles. The van der Waals surface area contributed by atoms with Crippen molar-refractivity contribution < 1.29 is 22.4 Å². The molecule has 0 radical (unpaired) electrons. The van der Waals surface area contributed by atoms with Gasteiger partial charge in [-0.3, -0.25) is 0 Å². The SMILES string of the molecule is CC(C)N(CC(N)=NO)S(=O)(=O)C(F)F. The number of nitrogens with zero attached hydrogens (tertiary/aromatic N) is 2. The highest BCUT2D eigenvalue weighted by Gasteiger charge is 2.34. The Hall–Kier alpha value is -0.960. The Kier molecular flexibility index (Phi) is 4.88. The van der Waals surface area contributed by atoms with Gasteiger partial charge in [0.25, 0.3) is 10.0 Å². The molecule has 0 bridgehead atoms. The Morgan fingerprint density at radius 1 is 1.53 bits per heavy atom. The fourth-order valence-electron chi connectivity index (χ4n) is 0.860. The second kappa shape index (κ2) is 5.21. The predicted molar refractivity (Wildman–Crippen MR) is 50.2 cm³/mol. The van der Waals surface area contributed by atoms with Crippen LogP contribution in [0.15, 0.2) is 5.16 Å². The zero-order valence-electron chi connectivity index (χ0n) is 8.26. The molecular weight excluding hydrogens is 232 g/mol. The van der Waals surface area contributed by atoms with Crippen molar-refractivity contribution in [3.63, 3.8) is 0 Å². The number of rotatable bonds is 5. The summed E-state index contributed by atoms with van der Waals surface area (Å²) in [7, 11) is -4.72. The average Bonchev–Trinajstić information content (AvgIpc) is 2.12. The molecule has 6 nitrogen and oxygen atoms in total. The number of sulfonamides is 1. The quantitative estimate of drug-likeness (QED) is 0.308. The lowest BCUT2D eigenvalue weighted by atomic mass is 10.4. The molecule has 0 saturated carbocycles. The van der Waals surface area contributed by atoms with E-state index in [2.05, 4.69) is 5.16 Å². The Labute approximate surface area is 86.4 Å². The van der Waals surface area contributed by atoms with E-state index in [0.717, 1.165) is 0 Å². The number of hydrogen-bond donors (Lipinski definition) is 2. The monoisotopic (exact) mass is 245 g/mol. The maximum absolute atomic E-state index is 12.2. The minimum absolute atomic E-state index is 0.451. The lowest BCUT2D eigenvalue weighted by molar-refractivity contribution is 0.216. The van der Waals surface area contributed by atoms with Gasteiger partial charge in [-0.2, -0.15) is 13.1 Å². The van der Waals surface area contributed by atoms with Gasteiger partial charge in [-0.05, 0) is 13.8 Å². The third kappa shape index (κ3) is 3.59. The van der Waals surface area contributed by atoms with E-state index in [1.807, 2.05) is 0 Å². The molecule has 15 heavy (non-hydrogen) atoms. The summed E-state index contributed by atoms with van der Waals surface area (Å²) in [6, 6.07) is -0.704. The number of hydrogen-bond acceptors (Lipinski definition) is 4. The second-order valence-electron chi connectivity index (χ2n) is 3.04. The summed E-state index contributed by atoms with van der Waals surface area (Å²) in [6.45, 7) is 2.25. The van der Waals surface area contributed by atoms with E-state index >= 15 is 0 Å². The maximum atomic E-state index is 12.2. The maximum Gasteiger partial charge on any atom is 0.350 e. The van der Waals surface area contributed by atoms with Crippen LogP contribution in [-0.2, 0) is 10.0 Å². The van der Waals surface area contributed by atoms with E-state index in [4.69, 9.17) is 10.9 Å². The molecule has 0 aromatic rings. The molecule has 0 fully saturated rings. The van der Waals surface area contributed by atoms with Crippen molar-refractivity contribution in [3.8, 4) is 0 Å². The number of nitrogens with two attached hydrogens (primary N) is 1. The molecule has 0 amide bonds. The van der Waals surface area contributed by atoms with Gasteiger partial charge >= 0.3 is 5.76 Å². The van der Waals surface area contributed by atoms with Crippen LogP contribution in [0.3, 0.4) is 0 Å². The van der Waals surface area contributed by atoms with E-state index in [9.17, 15) is 17.2 Å². The first-order chi connectivity index (χ1) is 6.73. The van der Waals surface area contributed by atoms with Crippen molar-refractivity contribution >= 4 is 15.9 Å². The zero-order valence-corrected chi connectivity index (χ0v) is 9.08. The first-order valence-electron chi connectivity index (χ1n) is 3.98. The number of amidine groups is 1. The number of halogens is 2. The van der Waals surface area contributed by atoms with Gasteiger partial charge in [0.15, 0.2) is 5.84 Å². The van der Waals surface area contributed by atoms with Crippen molar-refractivity contribution in [3.05, 3.63) is 0 Å². The Morgan fingerprint density at radius 2 is 2.00 bits per heavy atom. The summed E-state index contributed by atoms with van der Waals surface area (Å²) >= 11 is 0. The van der Waals surface area contributed by atoms with Crippen LogP contribution in [-0.4, -0.2) is 42.1 Å². The van der Waals surface area contributed by atoms with Crippen molar-refractivity contribution in [2.75, 3.05) is 6.54 Å². The van der Waals surface area contributed by atoms with Crippen molar-refractivity contribution in [1.29, 1.82) is 0 Å². The van der Waals surface area contributed by atoms with Gasteiger partial charge < -0.3 is 10.9 Å². The van der Waals surface area contributed by atoms with Crippen LogP contribution in [0, 0.1) is 0 Å². The molecule has 90 valence electrons. The lowest BCUT2D eigenvalue weighted by Gasteiger charge is -2.24. The molecule has 0 unspecified atom stereocenters. The minimum atomic E-state index is -4.72. The summed E-state index contributed by atoms with van der Waals surface area (Å²) in [5.74, 6) is -3.97. The number of oxime groups is 1. The van der Waals surface area contributed by atoms with Crippen molar-refractivity contribution in [2.24, 2.45) is 10.9 Å². The lowest BCUT2D eigenvalue weighted by Crippen LogP contribution is -2.45. The van der Waals surface area contributed by atoms with Crippen LogP contribution in [0.1, 0.15) is 13.8 Å². The zero-order chi connectivity index (χ0) is 12.2. The fraction of sp³-hybridized carbons (Fsp3) is 0.833. The highest BCUT2D eigenvalue weighted by molar-refractivity contribution is 7.89. The summed E-state index contributed by atoms with van der Waals surface area (Å²) < 4.78 is 47.1. The van der Waals surface area contributed by atoms with Crippen LogP contribution in [0.4, 0.5) is 8.78 Å². The standard InChI is InChI=1S/C6H13F2N3O3S/c1-4(2)11(3-5(9)10-12)15(13,14)6(7)8/h4,6,12H,3H2,1-2H3,(H2,9,10). The van der Waals surface area contributed by atoms with Gasteiger partial charge in [0.05, 0.1) is 6.54 Å². The summed E-state index contributed by atoms with van der Waals surface area (Å²) in [6.07, 6.45) is 0. The van der Waals surface area contributed by atoms with Crippen LogP contribution in [0.25, 0.3) is 0 Å². The molecule has 0 aliphatic carbocycles. The third-order valence-electron chi connectivity index (χ3n) is 1.57. The molecule has 0 spiro atoms. The van der Waals surface area contributed by atoms with Gasteiger partial charge in [0.1, 0.15) is 0 Å². The smallest absolute Gasteiger partial charge is 0.350 e. The minimum Gasteiger partial charge on any atom is -0.409 e. The molecule has 0 aromatic carbocycles. The molecule has 0 rings (SSSR count). The average molecular weight is 245 g/mol. The molecule has 3 N–H and O–H groups in total. The fourth-order valence-corrected chi connectivity index (χ4v) is 1.96. The highest BCUT2D eigenvalue weighted by Crippen LogP contribution is 2.14. The van der Waals surface area contributed by atoms with Crippen LogP contribution >= 0.6 is 0 Å². The topological polar surface area (TPSA) is 96.0 Å². The first kappa shape index (κ1) is 14.0. The van der Waals surface area contributed by atoms with Gasteiger partial charge in [-0.1, -0.05) is 5.16 Å².